The molecule has 1 aliphatic heterocycles. The van der Waals surface area contributed by atoms with Gasteiger partial charge in [-0.2, -0.15) is 0 Å². The Labute approximate surface area is 275 Å². The highest BCUT2D eigenvalue weighted by molar-refractivity contribution is 5.92. The number of para-hydroxylation sites is 2. The summed E-state index contributed by atoms with van der Waals surface area (Å²) in [6.07, 6.45) is 29.7. The van der Waals surface area contributed by atoms with Crippen molar-refractivity contribution in [2.75, 3.05) is 18.6 Å². The van der Waals surface area contributed by atoms with Gasteiger partial charge >= 0.3 is 0 Å². The maximum Gasteiger partial charge on any atom is 0.146 e. The summed E-state index contributed by atoms with van der Waals surface area (Å²) in [5.41, 5.74) is 10.0. The highest BCUT2D eigenvalue weighted by Crippen LogP contribution is 2.44. The predicted molar refractivity (Wildman–Crippen MR) is 198 cm³/mol. The van der Waals surface area contributed by atoms with Crippen LogP contribution in [0.2, 0.25) is 0 Å². The molecule has 0 fully saturated rings. The van der Waals surface area contributed by atoms with E-state index >= 15 is 0 Å². The topological polar surface area (TPSA) is 24.5 Å². The molecule has 1 atom stereocenters. The van der Waals surface area contributed by atoms with Crippen molar-refractivity contribution in [3.05, 3.63) is 186 Å². The maximum atomic E-state index is 6.18. The zero-order valence-electron chi connectivity index (χ0n) is 27.2. The van der Waals surface area contributed by atoms with Gasteiger partial charge < -0.3 is 15.0 Å². The molecule has 0 saturated carbocycles. The molecule has 0 spiro atoms. The number of benzene rings is 3. The highest BCUT2D eigenvalue weighted by atomic mass is 16.5. The number of nitrogens with one attached hydrogen (secondary N) is 1. The van der Waals surface area contributed by atoms with E-state index in [-0.39, 0.29) is 5.92 Å². The standard InChI is InChI=1S/C43H44N2O/c1-5-19-40(36-23-13-9-14-24-36)44-31-17-7-6-10-20-33(2)39-26-18-28-42(43(39)46-4)45-32-37(35-21-11-8-12-22-35)30-29-34(3)38-25-15-16-27-41(38)45/h5-19,21-23,25-30,32-33,44H,3,20,24,31H2,1-2,4H3/b10-6-,17-7?,19-5?,30-29-,37-32+,40-36-. The molecule has 0 aromatic heterocycles. The van der Waals surface area contributed by atoms with E-state index in [0.717, 1.165) is 58.8 Å². The lowest BCUT2D eigenvalue weighted by atomic mass is 9.94. The third-order valence-electron chi connectivity index (χ3n) is 8.21. The molecular formula is C43H44N2O. The number of rotatable bonds is 11. The van der Waals surface area contributed by atoms with Gasteiger partial charge in [0, 0.05) is 24.0 Å². The molecule has 3 aromatic carbocycles. The molecule has 0 saturated heterocycles. The Kier molecular flexibility index (Phi) is 11.3. The molecule has 0 radical (unpaired) electrons. The van der Waals surface area contributed by atoms with E-state index < -0.39 is 0 Å². The van der Waals surface area contributed by atoms with Gasteiger partial charge in [-0.25, -0.2) is 0 Å². The first-order valence-electron chi connectivity index (χ1n) is 16.0. The molecule has 3 nitrogen and oxygen atoms in total. The third-order valence-corrected chi connectivity index (χ3v) is 8.21. The largest absolute Gasteiger partial charge is 0.494 e. The second kappa shape index (κ2) is 16.2. The number of ether oxygens (including phenoxy) is 1. The summed E-state index contributed by atoms with van der Waals surface area (Å²) in [5, 5.41) is 3.55. The zero-order valence-corrected chi connectivity index (χ0v) is 27.2. The van der Waals surface area contributed by atoms with Crippen molar-refractivity contribution in [3.8, 4) is 5.75 Å². The van der Waals surface area contributed by atoms with Crippen LogP contribution in [0.1, 0.15) is 49.3 Å². The summed E-state index contributed by atoms with van der Waals surface area (Å²) < 4.78 is 6.18. The molecule has 3 aromatic rings. The number of hydrogen-bond donors (Lipinski definition) is 1. The Morgan fingerprint density at radius 1 is 0.913 bits per heavy atom. The summed E-state index contributed by atoms with van der Waals surface area (Å²) in [7, 11) is 1.77. The molecule has 5 rings (SSSR count). The SMILES string of the molecule is C=C1/C=C\C(c2ccccc2)=C/N(c2cccc(C(C)C/C=C\C=CCN/C(C=CC)=C3/C=CC=CC3)c2OC)c2ccccc21. The fraction of sp³-hybridized carbons (Fsp3) is 0.163. The average Bonchev–Trinajstić information content (AvgIpc) is 3.10. The molecular weight excluding hydrogens is 560 g/mol. The van der Waals surface area contributed by atoms with Gasteiger partial charge in [0.25, 0.3) is 0 Å². The molecule has 232 valence electrons. The van der Waals surface area contributed by atoms with Gasteiger partial charge in [-0.05, 0) is 71.7 Å². The van der Waals surface area contributed by atoms with Crippen LogP contribution >= 0.6 is 0 Å². The molecule has 1 heterocycles. The third kappa shape index (κ3) is 7.86. The minimum absolute atomic E-state index is 0.257. The molecule has 3 heteroatoms. The second-order valence-electron chi connectivity index (χ2n) is 11.4. The van der Waals surface area contributed by atoms with Crippen molar-refractivity contribution in [2.45, 2.75) is 32.6 Å². The van der Waals surface area contributed by atoms with Crippen LogP contribution < -0.4 is 15.0 Å². The first-order chi connectivity index (χ1) is 22.6. The van der Waals surface area contributed by atoms with Crippen LogP contribution in [0.5, 0.6) is 5.75 Å². The first kappa shape index (κ1) is 32.1. The predicted octanol–water partition coefficient (Wildman–Crippen LogP) is 11.0. The number of allylic oxidation sites excluding steroid dienone is 14. The Morgan fingerprint density at radius 3 is 2.48 bits per heavy atom. The van der Waals surface area contributed by atoms with Crippen molar-refractivity contribution >= 4 is 22.5 Å². The minimum Gasteiger partial charge on any atom is -0.494 e. The van der Waals surface area contributed by atoms with Gasteiger partial charge in [0.2, 0.25) is 0 Å². The van der Waals surface area contributed by atoms with Crippen LogP contribution in [0.4, 0.5) is 11.4 Å². The normalized spacial score (nSPS) is 18.3. The summed E-state index contributed by atoms with van der Waals surface area (Å²) in [6, 6.07) is 25.4. The summed E-state index contributed by atoms with van der Waals surface area (Å²) in [5.74, 6) is 1.14. The van der Waals surface area contributed by atoms with Crippen LogP contribution in [-0.2, 0) is 0 Å². The average molecular weight is 605 g/mol. The summed E-state index contributed by atoms with van der Waals surface area (Å²) in [6.45, 7) is 9.48. The van der Waals surface area contributed by atoms with Gasteiger partial charge in [0.1, 0.15) is 5.75 Å². The second-order valence-corrected chi connectivity index (χ2v) is 11.4. The molecule has 1 aliphatic carbocycles. The van der Waals surface area contributed by atoms with E-state index in [1.807, 2.05) is 6.07 Å². The fourth-order valence-corrected chi connectivity index (χ4v) is 5.79. The smallest absolute Gasteiger partial charge is 0.146 e. The molecule has 1 N–H and O–H groups in total. The number of nitrogens with zero attached hydrogens (tertiary/aromatic N) is 1. The highest BCUT2D eigenvalue weighted by Gasteiger charge is 2.22. The minimum atomic E-state index is 0.257. The lowest BCUT2D eigenvalue weighted by Gasteiger charge is -2.29. The summed E-state index contributed by atoms with van der Waals surface area (Å²) in [4.78, 5) is 2.25. The van der Waals surface area contributed by atoms with Crippen molar-refractivity contribution in [3.63, 3.8) is 0 Å². The summed E-state index contributed by atoms with van der Waals surface area (Å²) >= 11 is 0. The number of hydrogen-bond acceptors (Lipinski definition) is 3. The lowest BCUT2D eigenvalue weighted by Crippen LogP contribution is -2.14. The fourth-order valence-electron chi connectivity index (χ4n) is 5.79. The van der Waals surface area contributed by atoms with Crippen LogP contribution in [0.15, 0.2) is 170 Å². The van der Waals surface area contributed by atoms with Crippen LogP contribution in [0.25, 0.3) is 11.1 Å². The van der Waals surface area contributed by atoms with E-state index in [1.54, 1.807) is 7.11 Å². The van der Waals surface area contributed by atoms with Crippen molar-refractivity contribution in [2.24, 2.45) is 0 Å². The number of methoxy groups -OCH3 is 1. The van der Waals surface area contributed by atoms with Gasteiger partial charge in [-0.1, -0.05) is 141 Å². The Balaban J connectivity index is 1.36. The Bertz CT molecular complexity index is 1760. The van der Waals surface area contributed by atoms with Crippen LogP contribution in [0.3, 0.4) is 0 Å². The molecule has 2 aliphatic rings. The number of anilines is 2. The Hall–Kier alpha value is -5.28. The van der Waals surface area contributed by atoms with Crippen molar-refractivity contribution in [1.82, 2.24) is 5.32 Å². The number of fused-ring (bicyclic) bond motifs is 1. The lowest BCUT2D eigenvalue weighted by molar-refractivity contribution is 0.407. The van der Waals surface area contributed by atoms with Crippen molar-refractivity contribution < 1.29 is 4.74 Å². The van der Waals surface area contributed by atoms with E-state index in [0.29, 0.717) is 0 Å². The van der Waals surface area contributed by atoms with Crippen molar-refractivity contribution in [1.29, 1.82) is 0 Å². The van der Waals surface area contributed by atoms with E-state index in [4.69, 9.17) is 4.74 Å². The molecule has 46 heavy (non-hydrogen) atoms. The quantitative estimate of drug-likeness (QED) is 0.220. The Morgan fingerprint density at radius 2 is 1.70 bits per heavy atom. The maximum absolute atomic E-state index is 6.18. The van der Waals surface area contributed by atoms with Gasteiger partial charge in [0.05, 0.1) is 18.5 Å². The van der Waals surface area contributed by atoms with Gasteiger partial charge in [0.15, 0.2) is 0 Å². The molecule has 0 bridgehead atoms. The zero-order chi connectivity index (χ0) is 32.1. The monoisotopic (exact) mass is 604 g/mol. The van der Waals surface area contributed by atoms with Crippen LogP contribution in [-0.4, -0.2) is 13.7 Å². The van der Waals surface area contributed by atoms with E-state index in [1.165, 1.54) is 16.8 Å². The molecule has 0 amide bonds. The van der Waals surface area contributed by atoms with Gasteiger partial charge in [-0.15, -0.1) is 0 Å². The molecule has 1 unspecified atom stereocenters. The van der Waals surface area contributed by atoms with E-state index in [9.17, 15) is 0 Å². The van der Waals surface area contributed by atoms with Crippen LogP contribution in [0, 0.1) is 0 Å². The van der Waals surface area contributed by atoms with E-state index in [2.05, 4.69) is 176 Å². The first-order valence-corrected chi connectivity index (χ1v) is 16.0. The van der Waals surface area contributed by atoms with Gasteiger partial charge in [-0.3, -0.25) is 0 Å².